The molecule has 0 bridgehead atoms. The van der Waals surface area contributed by atoms with Gasteiger partial charge < -0.3 is 30.9 Å². The molecule has 37 heavy (non-hydrogen) atoms. The van der Waals surface area contributed by atoms with E-state index in [0.29, 0.717) is 43.2 Å². The Morgan fingerprint density at radius 2 is 1.54 bits per heavy atom. The first-order chi connectivity index (χ1) is 18.1. The lowest BCUT2D eigenvalue weighted by atomic mass is 10.0. The van der Waals surface area contributed by atoms with Crippen LogP contribution in [0.4, 0.5) is 21.9 Å². The van der Waals surface area contributed by atoms with Crippen LogP contribution in [0.1, 0.15) is 23.2 Å². The Kier molecular flexibility index (Phi) is 7.51. The van der Waals surface area contributed by atoms with Gasteiger partial charge in [-0.25, -0.2) is 4.79 Å². The quantitative estimate of drug-likeness (QED) is 0.458. The van der Waals surface area contributed by atoms with Crippen LogP contribution in [0.2, 0.25) is 0 Å². The number of amides is 3. The van der Waals surface area contributed by atoms with E-state index < -0.39 is 0 Å². The van der Waals surface area contributed by atoms with Gasteiger partial charge in [-0.1, -0.05) is 6.07 Å². The van der Waals surface area contributed by atoms with E-state index in [1.165, 1.54) is 0 Å². The number of likely N-dealkylation sites (tertiary alicyclic amines) is 1. The molecule has 2 aromatic carbocycles. The molecule has 3 aromatic rings. The number of carbonyl (C=O) groups excluding carboxylic acids is 2. The predicted molar refractivity (Wildman–Crippen MR) is 144 cm³/mol. The summed E-state index contributed by atoms with van der Waals surface area (Å²) in [5.74, 6) is -0.222. The van der Waals surface area contributed by atoms with Gasteiger partial charge in [0.25, 0.3) is 5.91 Å². The number of anilines is 3. The van der Waals surface area contributed by atoms with Gasteiger partial charge in [0.15, 0.2) is 0 Å². The van der Waals surface area contributed by atoms with E-state index in [1.54, 1.807) is 30.6 Å². The van der Waals surface area contributed by atoms with Gasteiger partial charge in [-0.2, -0.15) is 0 Å². The van der Waals surface area contributed by atoms with Gasteiger partial charge in [-0.05, 0) is 72.5 Å². The van der Waals surface area contributed by atoms with Gasteiger partial charge in [0.1, 0.15) is 0 Å². The van der Waals surface area contributed by atoms with Gasteiger partial charge >= 0.3 is 6.03 Å². The molecule has 0 spiro atoms. The fourth-order valence-corrected chi connectivity index (χ4v) is 4.71. The van der Waals surface area contributed by atoms with Crippen molar-refractivity contribution in [2.45, 2.75) is 18.9 Å². The zero-order valence-corrected chi connectivity index (χ0v) is 20.7. The topological polar surface area (TPSA) is 113 Å². The summed E-state index contributed by atoms with van der Waals surface area (Å²) in [7, 11) is 0. The Morgan fingerprint density at radius 3 is 2.24 bits per heavy atom. The van der Waals surface area contributed by atoms with Crippen molar-refractivity contribution in [1.82, 2.24) is 14.8 Å². The van der Waals surface area contributed by atoms with Gasteiger partial charge in [0.05, 0.1) is 24.6 Å². The van der Waals surface area contributed by atoms with E-state index in [9.17, 15) is 9.59 Å². The van der Waals surface area contributed by atoms with Crippen LogP contribution < -0.4 is 16.4 Å². The lowest BCUT2D eigenvalue weighted by Crippen LogP contribution is -2.51. The first kappa shape index (κ1) is 24.6. The number of nitrogens with zero attached hydrogens (tertiary/aromatic N) is 3. The molecule has 2 aliphatic heterocycles. The summed E-state index contributed by atoms with van der Waals surface area (Å²) >= 11 is 0. The Morgan fingerprint density at radius 1 is 0.865 bits per heavy atom. The van der Waals surface area contributed by atoms with Crippen LogP contribution in [0.3, 0.4) is 0 Å². The second kappa shape index (κ2) is 11.3. The highest BCUT2D eigenvalue weighted by Gasteiger charge is 2.27. The summed E-state index contributed by atoms with van der Waals surface area (Å²) in [4.78, 5) is 33.5. The van der Waals surface area contributed by atoms with Crippen molar-refractivity contribution in [3.8, 4) is 11.1 Å². The van der Waals surface area contributed by atoms with Crippen LogP contribution in [0.15, 0.2) is 67.0 Å². The minimum atomic E-state index is -0.222. The van der Waals surface area contributed by atoms with Gasteiger partial charge in [0.2, 0.25) is 0 Å². The molecule has 0 aliphatic carbocycles. The summed E-state index contributed by atoms with van der Waals surface area (Å²) in [6, 6.07) is 17.2. The van der Waals surface area contributed by atoms with Crippen LogP contribution in [0.5, 0.6) is 0 Å². The molecule has 4 N–H and O–H groups in total. The summed E-state index contributed by atoms with van der Waals surface area (Å²) in [5, 5.41) is 6.47. The van der Waals surface area contributed by atoms with Crippen molar-refractivity contribution < 1.29 is 14.3 Å². The highest BCUT2D eigenvalue weighted by Crippen LogP contribution is 2.27. The summed E-state index contributed by atoms with van der Waals surface area (Å²) in [5.41, 5.74) is 10.6. The summed E-state index contributed by atoms with van der Waals surface area (Å²) < 4.78 is 5.35. The van der Waals surface area contributed by atoms with Gasteiger partial charge in [-0.3, -0.25) is 9.78 Å². The second-order valence-corrected chi connectivity index (χ2v) is 9.36. The number of ether oxygens (including phenoxy) is 1. The molecular formula is C28H32N6O3. The van der Waals surface area contributed by atoms with Crippen LogP contribution in [-0.4, -0.2) is 72.2 Å². The molecule has 0 unspecified atom stereocenters. The molecule has 2 saturated heterocycles. The molecule has 2 fully saturated rings. The maximum absolute atomic E-state index is 12.9. The van der Waals surface area contributed by atoms with Crippen LogP contribution in [0, 0.1) is 0 Å². The fraction of sp³-hybridized carbons (Fsp3) is 0.321. The predicted octanol–water partition coefficient (Wildman–Crippen LogP) is 3.91. The highest BCUT2D eigenvalue weighted by atomic mass is 16.5. The number of hydrogen-bond donors (Lipinski definition) is 3. The average molecular weight is 501 g/mol. The third-order valence-electron chi connectivity index (χ3n) is 6.88. The number of aromatic nitrogens is 1. The van der Waals surface area contributed by atoms with Gasteiger partial charge in [-0.15, -0.1) is 0 Å². The monoisotopic (exact) mass is 500 g/mol. The molecule has 3 amide bonds. The number of nitrogens with two attached hydrogens (primary N) is 1. The summed E-state index contributed by atoms with van der Waals surface area (Å²) in [6.07, 6.45) is 5.22. The van der Waals surface area contributed by atoms with E-state index in [2.05, 4.69) is 15.6 Å². The number of hydrogen-bond acceptors (Lipinski definition) is 6. The number of morpholine rings is 1. The number of rotatable bonds is 5. The zero-order chi connectivity index (χ0) is 25.6. The minimum Gasteiger partial charge on any atom is -0.397 e. The van der Waals surface area contributed by atoms with E-state index in [1.807, 2.05) is 46.2 Å². The highest BCUT2D eigenvalue weighted by molar-refractivity contribution is 6.06. The molecular weight excluding hydrogens is 468 g/mol. The van der Waals surface area contributed by atoms with E-state index in [4.69, 9.17) is 10.5 Å². The number of carbonyl (C=O) groups is 2. The van der Waals surface area contributed by atoms with Crippen molar-refractivity contribution in [2.75, 3.05) is 55.8 Å². The smallest absolute Gasteiger partial charge is 0.320 e. The molecule has 5 rings (SSSR count). The number of piperidine rings is 1. The maximum Gasteiger partial charge on any atom is 0.320 e. The lowest BCUT2D eigenvalue weighted by Gasteiger charge is -2.37. The van der Waals surface area contributed by atoms with Crippen molar-refractivity contribution in [1.29, 1.82) is 0 Å². The lowest BCUT2D eigenvalue weighted by molar-refractivity contribution is 0.0414. The molecule has 0 saturated carbocycles. The molecule has 9 heteroatoms. The first-order valence-electron chi connectivity index (χ1n) is 12.7. The second-order valence-electron chi connectivity index (χ2n) is 9.36. The third kappa shape index (κ3) is 6.00. The van der Waals surface area contributed by atoms with Crippen LogP contribution in [-0.2, 0) is 4.74 Å². The third-order valence-corrected chi connectivity index (χ3v) is 6.88. The molecule has 192 valence electrons. The van der Waals surface area contributed by atoms with Gasteiger partial charge in [0, 0.05) is 55.9 Å². The molecule has 3 heterocycles. The van der Waals surface area contributed by atoms with E-state index in [-0.39, 0.29) is 18.0 Å². The Labute approximate surface area is 216 Å². The molecule has 0 radical (unpaired) electrons. The molecule has 9 nitrogen and oxygen atoms in total. The van der Waals surface area contributed by atoms with Crippen molar-refractivity contribution in [2.24, 2.45) is 0 Å². The first-order valence-corrected chi connectivity index (χ1v) is 12.7. The normalized spacial score (nSPS) is 16.3. The number of benzene rings is 2. The Hall–Kier alpha value is -4.11. The molecule has 0 atom stereocenters. The summed E-state index contributed by atoms with van der Waals surface area (Å²) in [6.45, 7) is 4.02. The SMILES string of the molecule is Nc1ccc(-c2ccncc2)cc1NC(=O)c1ccc(NC2CCN(C(=O)N3CCOCC3)CC2)cc1. The Balaban J connectivity index is 1.14. The molecule has 2 aliphatic rings. The van der Waals surface area contributed by atoms with E-state index >= 15 is 0 Å². The van der Waals surface area contributed by atoms with Crippen LogP contribution in [0.25, 0.3) is 11.1 Å². The van der Waals surface area contributed by atoms with Crippen molar-refractivity contribution in [3.05, 3.63) is 72.6 Å². The maximum atomic E-state index is 12.9. The number of nitrogens with one attached hydrogen (secondary N) is 2. The number of urea groups is 1. The molecule has 1 aromatic heterocycles. The van der Waals surface area contributed by atoms with Crippen LogP contribution >= 0.6 is 0 Å². The fourth-order valence-electron chi connectivity index (χ4n) is 4.71. The zero-order valence-electron chi connectivity index (χ0n) is 20.7. The number of pyridine rings is 1. The van der Waals surface area contributed by atoms with Crippen molar-refractivity contribution >= 4 is 29.0 Å². The Bertz CT molecular complexity index is 1220. The average Bonchev–Trinajstić information content (AvgIpc) is 2.95. The standard InChI is InChI=1S/C28H32N6O3/c29-25-6-3-22(20-7-11-30-12-8-20)19-26(25)32-27(35)21-1-4-23(5-2-21)31-24-9-13-33(14-10-24)28(36)34-15-17-37-18-16-34/h1-8,11-12,19,24,31H,9-10,13-18,29H2,(H,32,35). The van der Waals surface area contributed by atoms with E-state index in [0.717, 1.165) is 42.7 Å². The van der Waals surface area contributed by atoms with Crippen molar-refractivity contribution in [3.63, 3.8) is 0 Å². The largest absolute Gasteiger partial charge is 0.397 e. The number of nitrogen functional groups attached to an aromatic ring is 1. The minimum absolute atomic E-state index is 0.115.